The average Bonchev–Trinajstić information content (AvgIpc) is 2.39. The minimum atomic E-state index is 0.0914. The highest BCUT2D eigenvalue weighted by Crippen LogP contribution is 2.21. The number of carbonyl (C=O) groups is 1. The molecule has 5 nitrogen and oxygen atoms in total. The van der Waals surface area contributed by atoms with Gasteiger partial charge in [0.1, 0.15) is 12.1 Å². The molecule has 17 heavy (non-hydrogen) atoms. The third kappa shape index (κ3) is 2.72. The first-order chi connectivity index (χ1) is 8.18. The third-order valence-electron chi connectivity index (χ3n) is 3.10. The molecule has 2 heterocycles. The number of aromatic nitrogens is 2. The first kappa shape index (κ1) is 11.8. The maximum absolute atomic E-state index is 11.9. The molecule has 1 unspecified atom stereocenters. The molecule has 0 N–H and O–H groups in total. The van der Waals surface area contributed by atoms with E-state index >= 15 is 0 Å². The Bertz CT molecular complexity index is 379. The maximum atomic E-state index is 11.9. The zero-order valence-electron chi connectivity index (χ0n) is 10.3. The van der Waals surface area contributed by atoms with Gasteiger partial charge in [-0.25, -0.2) is 9.97 Å². The average molecular weight is 234 g/mol. The van der Waals surface area contributed by atoms with Crippen LogP contribution in [0.3, 0.4) is 0 Å². The Hall–Kier alpha value is -1.65. The number of rotatable bonds is 2. The molecule has 0 aliphatic carbocycles. The summed E-state index contributed by atoms with van der Waals surface area (Å²) < 4.78 is 0. The van der Waals surface area contributed by atoms with Crippen LogP contribution in [-0.2, 0) is 4.79 Å². The van der Waals surface area contributed by atoms with Crippen LogP contribution in [0.2, 0.25) is 0 Å². The summed E-state index contributed by atoms with van der Waals surface area (Å²) in [4.78, 5) is 23.9. The molecule has 1 atom stereocenters. The molecule has 1 aromatic heterocycles. The third-order valence-corrected chi connectivity index (χ3v) is 3.10. The molecule has 5 heteroatoms. The number of piperidine rings is 1. The van der Waals surface area contributed by atoms with E-state index in [0.717, 1.165) is 31.7 Å². The van der Waals surface area contributed by atoms with Crippen LogP contribution in [0.15, 0.2) is 18.6 Å². The monoisotopic (exact) mass is 234 g/mol. The van der Waals surface area contributed by atoms with Crippen molar-refractivity contribution in [2.45, 2.75) is 12.8 Å². The Morgan fingerprint density at radius 3 is 3.00 bits per heavy atom. The fraction of sp³-hybridized carbons (Fsp3) is 0.583. The van der Waals surface area contributed by atoms with E-state index in [1.807, 2.05) is 20.2 Å². The number of amides is 1. The molecule has 0 saturated carbocycles. The summed E-state index contributed by atoms with van der Waals surface area (Å²) in [5.41, 5.74) is 0. The van der Waals surface area contributed by atoms with Gasteiger partial charge in [0.25, 0.3) is 0 Å². The first-order valence-electron chi connectivity index (χ1n) is 5.90. The Morgan fingerprint density at radius 2 is 2.35 bits per heavy atom. The summed E-state index contributed by atoms with van der Waals surface area (Å²) in [7, 11) is 3.62. The molecule has 0 spiro atoms. The van der Waals surface area contributed by atoms with E-state index in [-0.39, 0.29) is 11.8 Å². The van der Waals surface area contributed by atoms with E-state index in [2.05, 4.69) is 14.9 Å². The van der Waals surface area contributed by atoms with Crippen molar-refractivity contribution in [2.75, 3.05) is 32.1 Å². The standard InChI is InChI=1S/C12H18N4O/c1-15(2)12(17)10-4-3-7-16(8-10)11-5-6-13-9-14-11/h5-6,9-10H,3-4,7-8H2,1-2H3. The zero-order valence-corrected chi connectivity index (χ0v) is 10.3. The minimum Gasteiger partial charge on any atom is -0.356 e. The van der Waals surface area contributed by atoms with Crippen LogP contribution in [0.5, 0.6) is 0 Å². The van der Waals surface area contributed by atoms with Crippen LogP contribution in [0.25, 0.3) is 0 Å². The van der Waals surface area contributed by atoms with Gasteiger partial charge in [-0.3, -0.25) is 4.79 Å². The van der Waals surface area contributed by atoms with Gasteiger partial charge in [-0.2, -0.15) is 0 Å². The van der Waals surface area contributed by atoms with Gasteiger partial charge in [-0.1, -0.05) is 0 Å². The zero-order chi connectivity index (χ0) is 12.3. The number of nitrogens with zero attached hydrogens (tertiary/aromatic N) is 4. The summed E-state index contributed by atoms with van der Waals surface area (Å²) in [5.74, 6) is 1.22. The van der Waals surface area contributed by atoms with Crippen molar-refractivity contribution in [2.24, 2.45) is 5.92 Å². The second-order valence-electron chi connectivity index (χ2n) is 4.59. The van der Waals surface area contributed by atoms with Crippen LogP contribution < -0.4 is 4.90 Å². The van der Waals surface area contributed by atoms with Gasteiger partial charge in [0, 0.05) is 33.4 Å². The van der Waals surface area contributed by atoms with Gasteiger partial charge in [-0.15, -0.1) is 0 Å². The predicted molar refractivity (Wildman–Crippen MR) is 65.7 cm³/mol. The fourth-order valence-corrected chi connectivity index (χ4v) is 2.22. The fourth-order valence-electron chi connectivity index (χ4n) is 2.22. The van der Waals surface area contributed by atoms with Gasteiger partial charge in [0.05, 0.1) is 5.92 Å². The lowest BCUT2D eigenvalue weighted by Gasteiger charge is -2.33. The van der Waals surface area contributed by atoms with E-state index in [1.54, 1.807) is 17.4 Å². The van der Waals surface area contributed by atoms with Crippen molar-refractivity contribution >= 4 is 11.7 Å². The van der Waals surface area contributed by atoms with Crippen LogP contribution in [0.4, 0.5) is 5.82 Å². The normalized spacial score (nSPS) is 20.1. The number of carbonyl (C=O) groups excluding carboxylic acids is 1. The highest BCUT2D eigenvalue weighted by atomic mass is 16.2. The van der Waals surface area contributed by atoms with Gasteiger partial charge < -0.3 is 9.80 Å². The molecule has 1 fully saturated rings. The first-order valence-corrected chi connectivity index (χ1v) is 5.90. The van der Waals surface area contributed by atoms with Crippen LogP contribution in [-0.4, -0.2) is 48.0 Å². The smallest absolute Gasteiger partial charge is 0.226 e. The van der Waals surface area contributed by atoms with E-state index in [0.29, 0.717) is 0 Å². The quantitative estimate of drug-likeness (QED) is 0.759. The Morgan fingerprint density at radius 1 is 1.53 bits per heavy atom. The summed E-state index contributed by atoms with van der Waals surface area (Å²) >= 11 is 0. The second kappa shape index (κ2) is 5.12. The molecule has 0 aromatic carbocycles. The van der Waals surface area contributed by atoms with Crippen molar-refractivity contribution in [1.82, 2.24) is 14.9 Å². The molecule has 0 radical (unpaired) electrons. The van der Waals surface area contributed by atoms with Gasteiger partial charge in [0.15, 0.2) is 0 Å². The molecule has 1 aliphatic heterocycles. The van der Waals surface area contributed by atoms with Gasteiger partial charge in [-0.05, 0) is 18.9 Å². The van der Waals surface area contributed by atoms with E-state index < -0.39 is 0 Å². The lowest BCUT2D eigenvalue weighted by Crippen LogP contribution is -2.43. The van der Waals surface area contributed by atoms with Crippen molar-refractivity contribution in [3.05, 3.63) is 18.6 Å². The van der Waals surface area contributed by atoms with Crippen LogP contribution in [0, 0.1) is 5.92 Å². The Balaban J connectivity index is 2.05. The van der Waals surface area contributed by atoms with Crippen LogP contribution >= 0.6 is 0 Å². The summed E-state index contributed by atoms with van der Waals surface area (Å²) in [5, 5.41) is 0. The molecule has 1 saturated heterocycles. The van der Waals surface area contributed by atoms with E-state index in [9.17, 15) is 4.79 Å². The summed E-state index contributed by atoms with van der Waals surface area (Å²) in [6, 6.07) is 1.89. The van der Waals surface area contributed by atoms with E-state index in [1.165, 1.54) is 0 Å². The topological polar surface area (TPSA) is 49.3 Å². The summed E-state index contributed by atoms with van der Waals surface area (Å²) in [6.07, 6.45) is 5.29. The molecule has 1 amide bonds. The number of hydrogen-bond acceptors (Lipinski definition) is 4. The molecule has 1 aromatic rings. The second-order valence-corrected chi connectivity index (χ2v) is 4.59. The molecular weight excluding hydrogens is 216 g/mol. The van der Waals surface area contributed by atoms with Crippen molar-refractivity contribution in [3.63, 3.8) is 0 Å². The van der Waals surface area contributed by atoms with Gasteiger partial charge in [0.2, 0.25) is 5.91 Å². The maximum Gasteiger partial charge on any atom is 0.226 e. The highest BCUT2D eigenvalue weighted by molar-refractivity contribution is 5.79. The van der Waals surface area contributed by atoms with Crippen molar-refractivity contribution in [3.8, 4) is 0 Å². The van der Waals surface area contributed by atoms with Gasteiger partial charge >= 0.3 is 0 Å². The summed E-state index contributed by atoms with van der Waals surface area (Å²) in [6.45, 7) is 1.72. The predicted octanol–water partition coefficient (Wildman–Crippen LogP) is 0.781. The Labute approximate surface area is 101 Å². The minimum absolute atomic E-state index is 0.0914. The number of anilines is 1. The van der Waals surface area contributed by atoms with Crippen molar-refractivity contribution in [1.29, 1.82) is 0 Å². The SMILES string of the molecule is CN(C)C(=O)C1CCCN(c2ccncn2)C1. The molecule has 92 valence electrons. The molecule has 2 rings (SSSR count). The molecule has 1 aliphatic rings. The lowest BCUT2D eigenvalue weighted by atomic mass is 9.97. The number of hydrogen-bond donors (Lipinski definition) is 0. The molecule has 0 bridgehead atoms. The highest BCUT2D eigenvalue weighted by Gasteiger charge is 2.27. The lowest BCUT2D eigenvalue weighted by molar-refractivity contribution is -0.133. The molecular formula is C12H18N4O. The van der Waals surface area contributed by atoms with E-state index in [4.69, 9.17) is 0 Å². The Kier molecular flexibility index (Phi) is 3.56. The van der Waals surface area contributed by atoms with Crippen LogP contribution in [0.1, 0.15) is 12.8 Å². The largest absolute Gasteiger partial charge is 0.356 e. The van der Waals surface area contributed by atoms with Crippen molar-refractivity contribution < 1.29 is 4.79 Å².